The zero-order valence-corrected chi connectivity index (χ0v) is 15.4. The van der Waals surface area contributed by atoms with E-state index in [1.807, 2.05) is 0 Å². The van der Waals surface area contributed by atoms with Gasteiger partial charge >= 0.3 is 0 Å². The summed E-state index contributed by atoms with van der Waals surface area (Å²) in [6.07, 6.45) is 12.1. The van der Waals surface area contributed by atoms with Gasteiger partial charge < -0.3 is 5.32 Å². The zero-order valence-electron chi connectivity index (χ0n) is 15.4. The van der Waals surface area contributed by atoms with E-state index in [9.17, 15) is 0 Å². The average Bonchev–Trinajstić information content (AvgIpc) is 2.44. The van der Waals surface area contributed by atoms with Crippen molar-refractivity contribution < 1.29 is 0 Å². The second kappa shape index (κ2) is 9.82. The lowest BCUT2D eigenvalue weighted by Crippen LogP contribution is -2.52. The third-order valence-electron chi connectivity index (χ3n) is 5.72. The van der Waals surface area contributed by atoms with Crippen molar-refractivity contribution in [2.24, 2.45) is 10.8 Å². The molecule has 1 N–H and O–H groups in total. The molecule has 0 aliphatic heterocycles. The molecule has 0 saturated carbocycles. The zero-order chi connectivity index (χ0) is 15.6. The summed E-state index contributed by atoms with van der Waals surface area (Å²) in [5, 5.41) is 3.71. The predicted molar refractivity (Wildman–Crippen MR) is 93.3 cm³/mol. The molecule has 0 spiro atoms. The van der Waals surface area contributed by atoms with Crippen LogP contribution in [0.4, 0.5) is 0 Å². The van der Waals surface area contributed by atoms with Crippen LogP contribution < -0.4 is 5.32 Å². The van der Waals surface area contributed by atoms with Crippen molar-refractivity contribution in [3.8, 4) is 0 Å². The Kier molecular flexibility index (Phi) is 9.80. The highest BCUT2D eigenvalue weighted by Crippen LogP contribution is 2.44. The van der Waals surface area contributed by atoms with Crippen LogP contribution in [-0.4, -0.2) is 13.1 Å². The maximum atomic E-state index is 3.71. The second-order valence-corrected chi connectivity index (χ2v) is 7.30. The summed E-state index contributed by atoms with van der Waals surface area (Å²) in [6.45, 7) is 14.4. The highest BCUT2D eigenvalue weighted by atomic mass is 14.9. The van der Waals surface area contributed by atoms with Crippen LogP contribution in [0, 0.1) is 10.8 Å². The molecule has 0 rings (SSSR count). The molecule has 3 unspecified atom stereocenters. The molecule has 0 aromatic carbocycles. The lowest BCUT2D eigenvalue weighted by atomic mass is 9.62. The van der Waals surface area contributed by atoms with Crippen molar-refractivity contribution in [1.29, 1.82) is 0 Å². The van der Waals surface area contributed by atoms with Gasteiger partial charge in [0.05, 0.1) is 0 Å². The van der Waals surface area contributed by atoms with E-state index in [1.54, 1.807) is 0 Å². The Morgan fingerprint density at radius 2 is 1.30 bits per heavy atom. The Morgan fingerprint density at radius 3 is 1.70 bits per heavy atom. The minimum atomic E-state index is 0.430. The van der Waals surface area contributed by atoms with E-state index in [-0.39, 0.29) is 0 Å². The standard InChI is InChI=1S/C19H41N/c1-8-12-13-14-16-19(6,11-4)17(20-7)18(5,10-3)15-9-2/h17,20H,8-16H2,1-7H3. The van der Waals surface area contributed by atoms with Gasteiger partial charge in [0, 0.05) is 6.04 Å². The van der Waals surface area contributed by atoms with Gasteiger partial charge in [-0.15, -0.1) is 0 Å². The summed E-state index contributed by atoms with van der Waals surface area (Å²) in [6, 6.07) is 0.631. The Bertz CT molecular complexity index is 238. The molecule has 0 amide bonds. The van der Waals surface area contributed by atoms with E-state index in [2.05, 4.69) is 53.9 Å². The van der Waals surface area contributed by atoms with Crippen molar-refractivity contribution in [2.75, 3.05) is 7.05 Å². The van der Waals surface area contributed by atoms with E-state index in [0.29, 0.717) is 16.9 Å². The van der Waals surface area contributed by atoms with E-state index in [0.717, 1.165) is 0 Å². The third kappa shape index (κ3) is 5.39. The van der Waals surface area contributed by atoms with Crippen LogP contribution in [0.5, 0.6) is 0 Å². The van der Waals surface area contributed by atoms with Gasteiger partial charge in [-0.25, -0.2) is 0 Å². The van der Waals surface area contributed by atoms with Crippen LogP contribution in [0.3, 0.4) is 0 Å². The summed E-state index contributed by atoms with van der Waals surface area (Å²) in [5.41, 5.74) is 0.863. The number of nitrogens with one attached hydrogen (secondary N) is 1. The summed E-state index contributed by atoms with van der Waals surface area (Å²) in [5.74, 6) is 0. The van der Waals surface area contributed by atoms with Crippen molar-refractivity contribution >= 4 is 0 Å². The van der Waals surface area contributed by atoms with Gasteiger partial charge in [-0.3, -0.25) is 0 Å². The largest absolute Gasteiger partial charge is 0.316 e. The molecule has 1 nitrogen and oxygen atoms in total. The van der Waals surface area contributed by atoms with E-state index in [4.69, 9.17) is 0 Å². The quantitative estimate of drug-likeness (QED) is 0.422. The minimum Gasteiger partial charge on any atom is -0.316 e. The third-order valence-corrected chi connectivity index (χ3v) is 5.72. The molecular weight excluding hydrogens is 242 g/mol. The molecule has 20 heavy (non-hydrogen) atoms. The Hall–Kier alpha value is -0.0400. The van der Waals surface area contributed by atoms with Crippen LogP contribution >= 0.6 is 0 Å². The second-order valence-electron chi connectivity index (χ2n) is 7.30. The highest BCUT2D eigenvalue weighted by molar-refractivity contribution is 4.96. The smallest absolute Gasteiger partial charge is 0.0171 e. The van der Waals surface area contributed by atoms with E-state index in [1.165, 1.54) is 57.8 Å². The summed E-state index contributed by atoms with van der Waals surface area (Å²) < 4.78 is 0. The molecule has 0 radical (unpaired) electrons. The number of hydrogen-bond donors (Lipinski definition) is 1. The molecule has 0 aromatic heterocycles. The maximum Gasteiger partial charge on any atom is 0.0171 e. The summed E-state index contributed by atoms with van der Waals surface area (Å²) in [7, 11) is 2.17. The Labute approximate surface area is 129 Å². The summed E-state index contributed by atoms with van der Waals surface area (Å²) >= 11 is 0. The summed E-state index contributed by atoms with van der Waals surface area (Å²) in [4.78, 5) is 0. The fourth-order valence-corrected chi connectivity index (χ4v) is 4.12. The van der Waals surface area contributed by atoms with Gasteiger partial charge in [-0.2, -0.15) is 0 Å². The van der Waals surface area contributed by atoms with Gasteiger partial charge in [0.15, 0.2) is 0 Å². The number of hydrogen-bond acceptors (Lipinski definition) is 1. The first-order valence-corrected chi connectivity index (χ1v) is 9.11. The van der Waals surface area contributed by atoms with E-state index >= 15 is 0 Å². The first kappa shape index (κ1) is 20.0. The molecule has 3 atom stereocenters. The normalized spacial score (nSPS) is 19.4. The van der Waals surface area contributed by atoms with Gasteiger partial charge in [0.2, 0.25) is 0 Å². The topological polar surface area (TPSA) is 12.0 Å². The van der Waals surface area contributed by atoms with Crippen molar-refractivity contribution in [2.45, 2.75) is 105 Å². The SMILES string of the molecule is CCCCCCC(C)(CC)C(NC)C(C)(CC)CCC. The molecule has 0 aromatic rings. The molecule has 0 heterocycles. The fourth-order valence-electron chi connectivity index (χ4n) is 4.12. The first-order chi connectivity index (χ1) is 9.44. The van der Waals surface area contributed by atoms with Gasteiger partial charge in [-0.05, 0) is 43.6 Å². The van der Waals surface area contributed by atoms with Gasteiger partial charge in [0.1, 0.15) is 0 Å². The predicted octanol–water partition coefficient (Wildman–Crippen LogP) is 6.18. The van der Waals surface area contributed by atoms with Crippen molar-refractivity contribution in [3.63, 3.8) is 0 Å². The Balaban J connectivity index is 4.92. The average molecular weight is 284 g/mol. The van der Waals surface area contributed by atoms with Crippen molar-refractivity contribution in [3.05, 3.63) is 0 Å². The molecule has 0 fully saturated rings. The molecule has 122 valence electrons. The van der Waals surface area contributed by atoms with Crippen LogP contribution in [0.15, 0.2) is 0 Å². The lowest BCUT2D eigenvalue weighted by Gasteiger charge is -2.48. The van der Waals surface area contributed by atoms with E-state index < -0.39 is 0 Å². The van der Waals surface area contributed by atoms with Crippen LogP contribution in [-0.2, 0) is 0 Å². The first-order valence-electron chi connectivity index (χ1n) is 9.11. The van der Waals surface area contributed by atoms with Crippen LogP contribution in [0.2, 0.25) is 0 Å². The molecule has 0 aliphatic carbocycles. The monoisotopic (exact) mass is 283 g/mol. The molecule has 0 bridgehead atoms. The number of unbranched alkanes of at least 4 members (excludes halogenated alkanes) is 3. The van der Waals surface area contributed by atoms with Gasteiger partial charge in [0.25, 0.3) is 0 Å². The maximum absolute atomic E-state index is 3.71. The minimum absolute atomic E-state index is 0.430. The fraction of sp³-hybridized carbons (Fsp3) is 1.00. The van der Waals surface area contributed by atoms with Gasteiger partial charge in [-0.1, -0.05) is 73.6 Å². The Morgan fingerprint density at radius 1 is 0.750 bits per heavy atom. The van der Waals surface area contributed by atoms with Crippen LogP contribution in [0.25, 0.3) is 0 Å². The highest BCUT2D eigenvalue weighted by Gasteiger charge is 2.42. The molecule has 1 heteroatoms. The molecule has 0 saturated heterocycles. The lowest BCUT2D eigenvalue weighted by molar-refractivity contribution is 0.0623. The number of rotatable bonds is 12. The molecular formula is C19H41N. The van der Waals surface area contributed by atoms with Crippen molar-refractivity contribution in [1.82, 2.24) is 5.32 Å². The van der Waals surface area contributed by atoms with Crippen LogP contribution in [0.1, 0.15) is 99.3 Å². The molecule has 0 aliphatic rings.